The molecular weight excluding hydrogens is 270 g/mol. The van der Waals surface area contributed by atoms with E-state index >= 15 is 0 Å². The molecule has 2 aromatic heterocycles. The maximum atomic E-state index is 5.77. The van der Waals surface area contributed by atoms with Crippen LogP contribution < -0.4 is 5.32 Å². The van der Waals surface area contributed by atoms with Gasteiger partial charge in [0.1, 0.15) is 11.5 Å². The van der Waals surface area contributed by atoms with E-state index in [-0.39, 0.29) is 0 Å². The van der Waals surface area contributed by atoms with Gasteiger partial charge >= 0.3 is 0 Å². The zero-order valence-corrected chi connectivity index (χ0v) is 13.7. The first-order chi connectivity index (χ1) is 9.52. The number of furan rings is 1. The summed E-state index contributed by atoms with van der Waals surface area (Å²) in [5.74, 6) is 2.91. The van der Waals surface area contributed by atoms with Gasteiger partial charge in [-0.2, -0.15) is 16.9 Å². The van der Waals surface area contributed by atoms with Crippen LogP contribution in [-0.2, 0) is 12.3 Å². The van der Waals surface area contributed by atoms with E-state index in [1.165, 1.54) is 5.69 Å². The van der Waals surface area contributed by atoms with E-state index in [2.05, 4.69) is 42.1 Å². The van der Waals surface area contributed by atoms with Crippen molar-refractivity contribution in [3.63, 3.8) is 0 Å². The molecule has 0 spiro atoms. The molecule has 0 aliphatic rings. The van der Waals surface area contributed by atoms with E-state index in [4.69, 9.17) is 4.42 Å². The quantitative estimate of drug-likeness (QED) is 0.869. The number of hydrogen-bond donors (Lipinski definition) is 1. The lowest BCUT2D eigenvalue weighted by Crippen LogP contribution is -2.06. The van der Waals surface area contributed by atoms with Crippen LogP contribution in [0.5, 0.6) is 0 Å². The van der Waals surface area contributed by atoms with Crippen LogP contribution in [0, 0.1) is 13.8 Å². The molecule has 110 valence electrons. The maximum Gasteiger partial charge on any atom is 0.123 e. The third kappa shape index (κ3) is 3.20. The Bertz CT molecular complexity index is 572. The van der Waals surface area contributed by atoms with Gasteiger partial charge in [-0.05, 0) is 46.1 Å². The molecule has 0 aromatic carbocycles. The second-order valence-corrected chi connectivity index (χ2v) is 6.10. The van der Waals surface area contributed by atoms with Gasteiger partial charge in [-0.25, -0.2) is 0 Å². The summed E-state index contributed by atoms with van der Waals surface area (Å²) in [4.78, 5) is 0. The summed E-state index contributed by atoms with van der Waals surface area (Å²) in [6.07, 6.45) is 2.08. The van der Waals surface area contributed by atoms with E-state index in [0.717, 1.165) is 28.7 Å². The summed E-state index contributed by atoms with van der Waals surface area (Å²) in [6.45, 7) is 9.12. The van der Waals surface area contributed by atoms with Crippen LogP contribution in [0.3, 0.4) is 0 Å². The Morgan fingerprint density at radius 2 is 2.00 bits per heavy atom. The van der Waals surface area contributed by atoms with Crippen molar-refractivity contribution in [3.8, 4) is 0 Å². The molecule has 0 atom stereocenters. The van der Waals surface area contributed by atoms with Crippen LogP contribution in [-0.4, -0.2) is 16.0 Å². The second kappa shape index (κ2) is 6.39. The average Bonchev–Trinajstić information content (AvgIpc) is 2.94. The number of nitrogens with one attached hydrogen (secondary N) is 1. The van der Waals surface area contributed by atoms with Gasteiger partial charge in [-0.15, -0.1) is 0 Å². The molecule has 4 nitrogen and oxygen atoms in total. The number of rotatable bonds is 6. The van der Waals surface area contributed by atoms with Crippen molar-refractivity contribution < 1.29 is 4.42 Å². The Hall–Kier alpha value is -1.36. The van der Waals surface area contributed by atoms with Crippen LogP contribution in [0.1, 0.15) is 42.8 Å². The van der Waals surface area contributed by atoms with Crippen molar-refractivity contribution in [2.24, 2.45) is 0 Å². The third-order valence-electron chi connectivity index (χ3n) is 3.26. The van der Waals surface area contributed by atoms with E-state index in [9.17, 15) is 0 Å². The highest BCUT2D eigenvalue weighted by Gasteiger charge is 2.13. The minimum absolute atomic E-state index is 0.376. The number of aryl methyl sites for hydroxylation is 1. The topological polar surface area (TPSA) is 43.0 Å². The number of hydrogen-bond acceptors (Lipinski definition) is 4. The molecule has 20 heavy (non-hydrogen) atoms. The molecule has 0 aliphatic heterocycles. The molecular formula is C15H23N3OS. The van der Waals surface area contributed by atoms with Gasteiger partial charge in [0.15, 0.2) is 0 Å². The first-order valence-electron chi connectivity index (χ1n) is 6.89. The summed E-state index contributed by atoms with van der Waals surface area (Å²) in [5, 5.41) is 8.02. The lowest BCUT2D eigenvalue weighted by Gasteiger charge is -2.09. The van der Waals surface area contributed by atoms with Crippen molar-refractivity contribution in [2.75, 3.05) is 11.6 Å². The molecule has 2 rings (SSSR count). The molecule has 2 aromatic rings. The van der Waals surface area contributed by atoms with Crippen molar-refractivity contribution in [2.45, 2.75) is 46.0 Å². The van der Waals surface area contributed by atoms with Crippen LogP contribution in [0.4, 0.5) is 5.69 Å². The standard InChI is InChI=1S/C15H23N3OS/c1-10(2)18-12(4)15(11(3)17-18)16-8-13-6-7-14(19-13)9-20-5/h6-7,10,16H,8-9H2,1-5H3. The lowest BCUT2D eigenvalue weighted by molar-refractivity contribution is 0.487. The normalized spacial score (nSPS) is 11.3. The van der Waals surface area contributed by atoms with Crippen molar-refractivity contribution >= 4 is 17.4 Å². The number of thioether (sulfide) groups is 1. The fourth-order valence-electron chi connectivity index (χ4n) is 2.33. The Morgan fingerprint density at radius 3 is 2.60 bits per heavy atom. The van der Waals surface area contributed by atoms with E-state index in [1.807, 2.05) is 19.1 Å². The minimum Gasteiger partial charge on any atom is -0.463 e. The third-order valence-corrected chi connectivity index (χ3v) is 3.83. The smallest absolute Gasteiger partial charge is 0.123 e. The lowest BCUT2D eigenvalue weighted by atomic mass is 10.3. The number of nitrogens with zero attached hydrogens (tertiary/aromatic N) is 2. The summed E-state index contributed by atoms with van der Waals surface area (Å²) in [5.41, 5.74) is 3.32. The van der Waals surface area contributed by atoms with Gasteiger partial charge in [0.25, 0.3) is 0 Å². The first-order valence-corrected chi connectivity index (χ1v) is 8.28. The predicted octanol–water partition coefficient (Wildman–Crippen LogP) is 4.15. The summed E-state index contributed by atoms with van der Waals surface area (Å²) in [7, 11) is 0. The number of aromatic nitrogens is 2. The zero-order chi connectivity index (χ0) is 14.7. The van der Waals surface area contributed by atoms with Gasteiger partial charge in [0, 0.05) is 6.04 Å². The Kier molecular flexibility index (Phi) is 4.81. The average molecular weight is 293 g/mol. The summed E-state index contributed by atoms with van der Waals surface area (Å²) < 4.78 is 7.82. The molecule has 1 N–H and O–H groups in total. The predicted molar refractivity (Wildman–Crippen MR) is 85.3 cm³/mol. The fraction of sp³-hybridized carbons (Fsp3) is 0.533. The van der Waals surface area contributed by atoms with E-state index < -0.39 is 0 Å². The van der Waals surface area contributed by atoms with Gasteiger partial charge < -0.3 is 9.73 Å². The van der Waals surface area contributed by atoms with Gasteiger partial charge in [0.05, 0.1) is 29.4 Å². The maximum absolute atomic E-state index is 5.77. The van der Waals surface area contributed by atoms with Gasteiger partial charge in [-0.3, -0.25) is 4.68 Å². The zero-order valence-electron chi connectivity index (χ0n) is 12.9. The molecule has 5 heteroatoms. The molecule has 2 heterocycles. The van der Waals surface area contributed by atoms with Crippen molar-refractivity contribution in [1.29, 1.82) is 0 Å². The van der Waals surface area contributed by atoms with Crippen LogP contribution >= 0.6 is 11.8 Å². The monoisotopic (exact) mass is 293 g/mol. The van der Waals surface area contributed by atoms with E-state index in [0.29, 0.717) is 12.6 Å². The molecule has 0 bridgehead atoms. The van der Waals surface area contributed by atoms with Crippen molar-refractivity contribution in [3.05, 3.63) is 35.0 Å². The largest absolute Gasteiger partial charge is 0.463 e. The highest BCUT2D eigenvalue weighted by atomic mass is 32.2. The minimum atomic E-state index is 0.376. The molecule has 0 amide bonds. The highest BCUT2D eigenvalue weighted by molar-refractivity contribution is 7.97. The van der Waals surface area contributed by atoms with Crippen LogP contribution in [0.15, 0.2) is 16.5 Å². The first kappa shape index (κ1) is 15.0. The SMILES string of the molecule is CSCc1ccc(CNc2c(C)nn(C(C)C)c2C)o1. The molecule has 0 saturated carbocycles. The Morgan fingerprint density at radius 1 is 1.30 bits per heavy atom. The van der Waals surface area contributed by atoms with Crippen molar-refractivity contribution in [1.82, 2.24) is 9.78 Å². The molecule has 0 fully saturated rings. The number of anilines is 1. The Balaban J connectivity index is 2.06. The highest BCUT2D eigenvalue weighted by Crippen LogP contribution is 2.23. The fourth-order valence-corrected chi connectivity index (χ4v) is 2.77. The van der Waals surface area contributed by atoms with Crippen LogP contribution in [0.2, 0.25) is 0 Å². The van der Waals surface area contributed by atoms with E-state index in [1.54, 1.807) is 11.8 Å². The summed E-state index contributed by atoms with van der Waals surface area (Å²) in [6, 6.07) is 4.46. The second-order valence-electron chi connectivity index (χ2n) is 5.24. The molecule has 0 saturated heterocycles. The Labute approximate surface area is 124 Å². The van der Waals surface area contributed by atoms with Crippen LogP contribution in [0.25, 0.3) is 0 Å². The summed E-state index contributed by atoms with van der Waals surface area (Å²) >= 11 is 1.77. The van der Waals surface area contributed by atoms with Gasteiger partial charge in [0.2, 0.25) is 0 Å². The molecule has 0 radical (unpaired) electrons. The molecule has 0 unspecified atom stereocenters. The molecule has 0 aliphatic carbocycles. The van der Waals surface area contributed by atoms with Gasteiger partial charge in [-0.1, -0.05) is 0 Å².